The van der Waals surface area contributed by atoms with Crippen LogP contribution in [0, 0.1) is 13.8 Å². The molecule has 0 saturated heterocycles. The summed E-state index contributed by atoms with van der Waals surface area (Å²) in [7, 11) is -0.292. The molecule has 0 radical (unpaired) electrons. The Bertz CT molecular complexity index is 1040. The summed E-state index contributed by atoms with van der Waals surface area (Å²) in [6.45, 7) is 3.73. The molecule has 0 aliphatic rings. The number of pyridine rings is 1. The molecular formula is C19H22N4O3S. The molecule has 0 saturated carbocycles. The van der Waals surface area contributed by atoms with Gasteiger partial charge in [0.2, 0.25) is 10.0 Å². The van der Waals surface area contributed by atoms with Crippen molar-refractivity contribution in [3.05, 3.63) is 59.4 Å². The number of hydrogen-bond acceptors (Lipinski definition) is 5. The van der Waals surface area contributed by atoms with Gasteiger partial charge in [0.1, 0.15) is 5.75 Å². The highest BCUT2D eigenvalue weighted by molar-refractivity contribution is 7.89. The second-order valence-corrected chi connectivity index (χ2v) is 8.04. The Morgan fingerprint density at radius 1 is 1.15 bits per heavy atom. The summed E-state index contributed by atoms with van der Waals surface area (Å²) in [5, 5.41) is 4.38. The van der Waals surface area contributed by atoms with E-state index in [2.05, 4.69) is 14.8 Å². The number of ether oxygens (including phenoxy) is 1. The Balaban J connectivity index is 1.81. The van der Waals surface area contributed by atoms with Gasteiger partial charge in [0, 0.05) is 13.2 Å². The van der Waals surface area contributed by atoms with Gasteiger partial charge in [-0.3, -0.25) is 9.67 Å². The lowest BCUT2D eigenvalue weighted by Gasteiger charge is -2.12. The lowest BCUT2D eigenvalue weighted by Crippen LogP contribution is -2.23. The Labute approximate surface area is 159 Å². The summed E-state index contributed by atoms with van der Waals surface area (Å²) in [6.07, 6.45) is 1.71. The smallest absolute Gasteiger partial charge is 0.240 e. The molecule has 0 bridgehead atoms. The van der Waals surface area contributed by atoms with E-state index in [-0.39, 0.29) is 11.4 Å². The zero-order chi connectivity index (χ0) is 19.6. The number of sulfonamides is 1. The minimum atomic E-state index is -3.67. The molecule has 27 heavy (non-hydrogen) atoms. The van der Waals surface area contributed by atoms with Crippen molar-refractivity contribution in [3.63, 3.8) is 0 Å². The molecular weight excluding hydrogens is 364 g/mol. The predicted octanol–water partition coefficient (Wildman–Crippen LogP) is 2.59. The third-order valence-corrected chi connectivity index (χ3v) is 5.63. The first-order valence-electron chi connectivity index (χ1n) is 8.41. The first kappa shape index (κ1) is 19.1. The minimum Gasteiger partial charge on any atom is -0.496 e. The number of benzene rings is 1. The summed E-state index contributed by atoms with van der Waals surface area (Å²) in [4.78, 5) is 4.51. The summed E-state index contributed by atoms with van der Waals surface area (Å²) in [5.41, 5.74) is 3.76. The Hall–Kier alpha value is -2.71. The molecule has 0 fully saturated rings. The van der Waals surface area contributed by atoms with Gasteiger partial charge < -0.3 is 4.74 Å². The van der Waals surface area contributed by atoms with Gasteiger partial charge in [0.25, 0.3) is 0 Å². The van der Waals surface area contributed by atoms with Crippen LogP contribution in [0.2, 0.25) is 0 Å². The van der Waals surface area contributed by atoms with Crippen molar-refractivity contribution in [2.75, 3.05) is 7.11 Å². The molecule has 0 aliphatic heterocycles. The van der Waals surface area contributed by atoms with Crippen LogP contribution in [0.25, 0.3) is 11.4 Å². The SMILES string of the molecule is COc1c(C)cc(S(=O)(=O)NCc2cc(-c3ccccn3)n(C)n2)cc1C. The van der Waals surface area contributed by atoms with E-state index in [1.54, 1.807) is 37.2 Å². The lowest BCUT2D eigenvalue weighted by atomic mass is 10.1. The van der Waals surface area contributed by atoms with Gasteiger partial charge in [-0.2, -0.15) is 5.10 Å². The molecule has 3 rings (SSSR count). The first-order chi connectivity index (χ1) is 12.8. The second-order valence-electron chi connectivity index (χ2n) is 6.27. The van der Waals surface area contributed by atoms with Crippen LogP contribution >= 0.6 is 0 Å². The van der Waals surface area contributed by atoms with Crippen LogP contribution < -0.4 is 9.46 Å². The molecule has 142 valence electrons. The molecule has 1 aromatic carbocycles. The Morgan fingerprint density at radius 3 is 2.44 bits per heavy atom. The van der Waals surface area contributed by atoms with Gasteiger partial charge in [0.15, 0.2) is 0 Å². The Morgan fingerprint density at radius 2 is 1.85 bits per heavy atom. The summed E-state index contributed by atoms with van der Waals surface area (Å²) >= 11 is 0. The van der Waals surface area contributed by atoms with E-state index < -0.39 is 10.0 Å². The van der Waals surface area contributed by atoms with Gasteiger partial charge in [-0.25, -0.2) is 13.1 Å². The molecule has 0 aliphatic carbocycles. The molecule has 7 nitrogen and oxygen atoms in total. The summed E-state index contributed by atoms with van der Waals surface area (Å²) in [6, 6.07) is 10.7. The van der Waals surface area contributed by atoms with Crippen LogP contribution in [0.15, 0.2) is 47.5 Å². The molecule has 2 heterocycles. The summed E-state index contributed by atoms with van der Waals surface area (Å²) in [5.74, 6) is 0.693. The van der Waals surface area contributed by atoms with E-state index >= 15 is 0 Å². The predicted molar refractivity (Wildman–Crippen MR) is 103 cm³/mol. The number of nitrogens with one attached hydrogen (secondary N) is 1. The largest absolute Gasteiger partial charge is 0.496 e. The van der Waals surface area contributed by atoms with E-state index in [0.717, 1.165) is 22.5 Å². The van der Waals surface area contributed by atoms with E-state index in [1.165, 1.54) is 0 Å². The highest BCUT2D eigenvalue weighted by atomic mass is 32.2. The average Bonchev–Trinajstić information content (AvgIpc) is 3.01. The van der Waals surface area contributed by atoms with Crippen LogP contribution in [-0.4, -0.2) is 30.3 Å². The monoisotopic (exact) mass is 386 g/mol. The van der Waals surface area contributed by atoms with Crippen LogP contribution in [0.1, 0.15) is 16.8 Å². The normalized spacial score (nSPS) is 11.6. The number of hydrogen-bond donors (Lipinski definition) is 1. The molecule has 0 atom stereocenters. The van der Waals surface area contributed by atoms with Crippen molar-refractivity contribution in [3.8, 4) is 17.1 Å². The molecule has 2 aromatic heterocycles. The number of rotatable bonds is 6. The topological polar surface area (TPSA) is 86.1 Å². The number of nitrogens with zero attached hydrogens (tertiary/aromatic N) is 3. The third kappa shape index (κ3) is 4.01. The van der Waals surface area contributed by atoms with Crippen LogP contribution in [0.4, 0.5) is 0 Å². The first-order valence-corrected chi connectivity index (χ1v) is 9.89. The standard InChI is InChI=1S/C19H22N4O3S/c1-13-9-16(10-14(2)19(13)26-4)27(24,25)21-12-15-11-18(23(3)22-15)17-7-5-6-8-20-17/h5-11,21H,12H2,1-4H3. The van der Waals surface area contributed by atoms with Crippen molar-refractivity contribution in [2.24, 2.45) is 7.05 Å². The van der Waals surface area contributed by atoms with Crippen LogP contribution in [0.5, 0.6) is 5.75 Å². The van der Waals surface area contributed by atoms with E-state index in [9.17, 15) is 8.42 Å². The fourth-order valence-electron chi connectivity index (χ4n) is 3.01. The maximum absolute atomic E-state index is 12.7. The van der Waals surface area contributed by atoms with Gasteiger partial charge in [-0.15, -0.1) is 0 Å². The molecule has 3 aromatic rings. The molecule has 0 spiro atoms. The highest BCUT2D eigenvalue weighted by Crippen LogP contribution is 2.26. The van der Waals surface area contributed by atoms with Crippen LogP contribution in [0.3, 0.4) is 0 Å². The van der Waals surface area contributed by atoms with Gasteiger partial charge in [0.05, 0.1) is 35.6 Å². The number of methoxy groups -OCH3 is 1. The van der Waals surface area contributed by atoms with Gasteiger partial charge in [-0.1, -0.05) is 6.07 Å². The maximum Gasteiger partial charge on any atom is 0.240 e. The Kier molecular flexibility index (Phi) is 5.29. The summed E-state index contributed by atoms with van der Waals surface area (Å²) < 4.78 is 34.9. The highest BCUT2D eigenvalue weighted by Gasteiger charge is 2.18. The van der Waals surface area contributed by atoms with Crippen molar-refractivity contribution < 1.29 is 13.2 Å². The average molecular weight is 386 g/mol. The molecule has 8 heteroatoms. The van der Waals surface area contributed by atoms with Gasteiger partial charge in [-0.05, 0) is 55.3 Å². The minimum absolute atomic E-state index is 0.0904. The molecule has 1 N–H and O–H groups in total. The van der Waals surface area contributed by atoms with Crippen molar-refractivity contribution in [2.45, 2.75) is 25.3 Å². The fraction of sp³-hybridized carbons (Fsp3) is 0.263. The third-order valence-electron chi connectivity index (χ3n) is 4.25. The van der Waals surface area contributed by atoms with E-state index in [4.69, 9.17) is 4.74 Å². The van der Waals surface area contributed by atoms with Crippen LogP contribution in [-0.2, 0) is 23.6 Å². The lowest BCUT2D eigenvalue weighted by molar-refractivity contribution is 0.408. The van der Waals surface area contributed by atoms with E-state index in [1.807, 2.05) is 38.1 Å². The van der Waals surface area contributed by atoms with Crippen molar-refractivity contribution in [1.82, 2.24) is 19.5 Å². The second kappa shape index (κ2) is 7.50. The zero-order valence-electron chi connectivity index (χ0n) is 15.7. The quantitative estimate of drug-likeness (QED) is 0.704. The van der Waals surface area contributed by atoms with Crippen molar-refractivity contribution in [1.29, 1.82) is 0 Å². The molecule has 0 unspecified atom stereocenters. The van der Waals surface area contributed by atoms with E-state index in [0.29, 0.717) is 11.4 Å². The number of aryl methyl sites for hydroxylation is 3. The number of aromatic nitrogens is 3. The zero-order valence-corrected chi connectivity index (χ0v) is 16.5. The fourth-order valence-corrected chi connectivity index (χ4v) is 4.18. The maximum atomic E-state index is 12.7. The van der Waals surface area contributed by atoms with Gasteiger partial charge >= 0.3 is 0 Å². The molecule has 0 amide bonds. The van der Waals surface area contributed by atoms with Crippen molar-refractivity contribution >= 4 is 10.0 Å².